The van der Waals surface area contributed by atoms with Crippen LogP contribution in [0.15, 0.2) is 48.5 Å². The Morgan fingerprint density at radius 3 is 2.47 bits per heavy atom. The summed E-state index contributed by atoms with van der Waals surface area (Å²) in [5, 5.41) is 2.84. The molecule has 1 fully saturated rings. The summed E-state index contributed by atoms with van der Waals surface area (Å²) in [6.45, 7) is 5.37. The zero-order valence-corrected chi connectivity index (χ0v) is 17.5. The van der Waals surface area contributed by atoms with Gasteiger partial charge in [0.2, 0.25) is 11.8 Å². The van der Waals surface area contributed by atoms with Crippen LogP contribution in [0.4, 0.5) is 5.69 Å². The molecule has 1 saturated heterocycles. The van der Waals surface area contributed by atoms with E-state index in [1.165, 1.54) is 5.56 Å². The van der Waals surface area contributed by atoms with Crippen molar-refractivity contribution in [1.29, 1.82) is 0 Å². The van der Waals surface area contributed by atoms with Gasteiger partial charge in [0.1, 0.15) is 0 Å². The number of benzene rings is 2. The number of anilines is 1. The monoisotopic (exact) mass is 408 g/mol. The van der Waals surface area contributed by atoms with Gasteiger partial charge >= 0.3 is 5.97 Å². The lowest BCUT2D eigenvalue weighted by Gasteiger charge is -2.17. The number of likely N-dealkylation sites (tertiary alicyclic amines) is 1. The Balaban J connectivity index is 1.52. The lowest BCUT2D eigenvalue weighted by molar-refractivity contribution is -0.128. The summed E-state index contributed by atoms with van der Waals surface area (Å²) in [4.78, 5) is 38.6. The largest absolute Gasteiger partial charge is 0.462 e. The van der Waals surface area contributed by atoms with Crippen LogP contribution >= 0.6 is 0 Å². The van der Waals surface area contributed by atoms with Gasteiger partial charge in [0.25, 0.3) is 0 Å². The number of ether oxygens (including phenoxy) is 1. The summed E-state index contributed by atoms with van der Waals surface area (Å²) < 4.78 is 5.18. The number of amides is 2. The van der Waals surface area contributed by atoms with Crippen LogP contribution in [0, 0.1) is 12.8 Å². The number of carbonyl (C=O) groups excluding carboxylic acids is 3. The molecule has 1 atom stereocenters. The van der Waals surface area contributed by atoms with Crippen molar-refractivity contribution in [2.45, 2.75) is 39.7 Å². The molecule has 3 rings (SSSR count). The van der Waals surface area contributed by atoms with Gasteiger partial charge < -0.3 is 15.0 Å². The van der Waals surface area contributed by atoms with Crippen LogP contribution in [0.1, 0.15) is 47.7 Å². The molecule has 0 unspecified atom stereocenters. The molecule has 0 aromatic heterocycles. The van der Waals surface area contributed by atoms with E-state index in [1.807, 2.05) is 38.1 Å². The summed E-state index contributed by atoms with van der Waals surface area (Å²) in [5.74, 6) is -0.954. The molecule has 0 spiro atoms. The first-order valence-corrected chi connectivity index (χ1v) is 10.4. The van der Waals surface area contributed by atoms with Crippen LogP contribution < -0.4 is 5.32 Å². The van der Waals surface area contributed by atoms with E-state index in [-0.39, 0.29) is 30.1 Å². The first-order chi connectivity index (χ1) is 14.5. The van der Waals surface area contributed by atoms with Crippen molar-refractivity contribution < 1.29 is 19.1 Å². The summed E-state index contributed by atoms with van der Waals surface area (Å²) in [6.07, 6.45) is 2.00. The van der Waals surface area contributed by atoms with Gasteiger partial charge in [0.05, 0.1) is 18.1 Å². The first kappa shape index (κ1) is 21.6. The van der Waals surface area contributed by atoms with E-state index in [9.17, 15) is 14.4 Å². The predicted octanol–water partition coefficient (Wildman–Crippen LogP) is 3.94. The molecule has 158 valence electrons. The molecule has 6 heteroatoms. The molecule has 0 bridgehead atoms. The molecule has 0 radical (unpaired) electrons. The van der Waals surface area contributed by atoms with E-state index >= 15 is 0 Å². The highest BCUT2D eigenvalue weighted by atomic mass is 16.5. The maximum absolute atomic E-state index is 12.6. The molecule has 1 aliphatic heterocycles. The predicted molar refractivity (Wildman–Crippen MR) is 115 cm³/mol. The fourth-order valence-electron chi connectivity index (χ4n) is 3.34. The van der Waals surface area contributed by atoms with Crippen molar-refractivity contribution in [3.05, 3.63) is 65.2 Å². The highest BCUT2D eigenvalue weighted by Crippen LogP contribution is 2.22. The lowest BCUT2D eigenvalue weighted by Crippen LogP contribution is -2.28. The molecule has 2 aromatic rings. The number of hydrogen-bond donors (Lipinski definition) is 1. The van der Waals surface area contributed by atoms with Crippen molar-refractivity contribution >= 4 is 23.5 Å². The van der Waals surface area contributed by atoms with Crippen molar-refractivity contribution in [3.63, 3.8) is 0 Å². The number of rotatable bonds is 8. The quantitative estimate of drug-likeness (QED) is 0.530. The van der Waals surface area contributed by atoms with Gasteiger partial charge in [0.15, 0.2) is 0 Å². The first-order valence-electron chi connectivity index (χ1n) is 10.4. The average molecular weight is 408 g/mol. The normalized spacial score (nSPS) is 15.9. The molecule has 2 aromatic carbocycles. The van der Waals surface area contributed by atoms with Gasteiger partial charge in [-0.25, -0.2) is 4.79 Å². The SMILES string of the molecule is CCCCOC(=O)c1ccc(NC(=O)[C@@H]2CC(=O)N(Cc3ccc(C)cc3)C2)cc1. The van der Waals surface area contributed by atoms with Gasteiger partial charge in [-0.2, -0.15) is 0 Å². The third-order valence-electron chi connectivity index (χ3n) is 5.20. The molecule has 1 heterocycles. The van der Waals surface area contributed by atoms with E-state index in [0.29, 0.717) is 30.9 Å². The summed E-state index contributed by atoms with van der Waals surface area (Å²) in [7, 11) is 0. The number of nitrogens with one attached hydrogen (secondary N) is 1. The zero-order chi connectivity index (χ0) is 21.5. The Morgan fingerprint density at radius 1 is 1.10 bits per heavy atom. The summed E-state index contributed by atoms with van der Waals surface area (Å²) in [5.41, 5.74) is 3.26. The summed E-state index contributed by atoms with van der Waals surface area (Å²) >= 11 is 0. The minimum Gasteiger partial charge on any atom is -0.462 e. The third kappa shape index (κ3) is 5.69. The fraction of sp³-hybridized carbons (Fsp3) is 0.375. The highest BCUT2D eigenvalue weighted by Gasteiger charge is 2.34. The Kier molecular flexibility index (Phi) is 7.22. The minimum atomic E-state index is -0.387. The van der Waals surface area contributed by atoms with E-state index in [2.05, 4.69) is 5.32 Å². The number of aryl methyl sites for hydroxylation is 1. The van der Waals surface area contributed by atoms with E-state index in [1.54, 1.807) is 29.2 Å². The van der Waals surface area contributed by atoms with Crippen molar-refractivity contribution in [2.24, 2.45) is 5.92 Å². The highest BCUT2D eigenvalue weighted by molar-refractivity contribution is 5.97. The maximum Gasteiger partial charge on any atom is 0.338 e. The Hall–Kier alpha value is -3.15. The third-order valence-corrected chi connectivity index (χ3v) is 5.20. The lowest BCUT2D eigenvalue weighted by atomic mass is 10.1. The molecule has 1 N–H and O–H groups in total. The van der Waals surface area contributed by atoms with E-state index < -0.39 is 0 Å². The topological polar surface area (TPSA) is 75.7 Å². The molecule has 0 aliphatic carbocycles. The molecular weight excluding hydrogens is 380 g/mol. The van der Waals surface area contributed by atoms with Gasteiger partial charge in [-0.05, 0) is 43.2 Å². The number of nitrogens with zero attached hydrogens (tertiary/aromatic N) is 1. The minimum absolute atomic E-state index is 0.0131. The molecule has 0 saturated carbocycles. The molecule has 6 nitrogen and oxygen atoms in total. The van der Waals surface area contributed by atoms with E-state index in [4.69, 9.17) is 4.74 Å². The maximum atomic E-state index is 12.6. The van der Waals surface area contributed by atoms with Crippen LogP contribution in [-0.4, -0.2) is 35.8 Å². The van der Waals surface area contributed by atoms with Crippen LogP contribution in [0.25, 0.3) is 0 Å². The van der Waals surface area contributed by atoms with Gasteiger partial charge in [-0.15, -0.1) is 0 Å². The van der Waals surface area contributed by atoms with Gasteiger partial charge in [-0.3, -0.25) is 9.59 Å². The van der Waals surface area contributed by atoms with E-state index in [0.717, 1.165) is 18.4 Å². The number of hydrogen-bond acceptors (Lipinski definition) is 4. The number of carbonyl (C=O) groups is 3. The molecule has 1 aliphatic rings. The Labute approximate surface area is 177 Å². The van der Waals surface area contributed by atoms with Gasteiger partial charge in [-0.1, -0.05) is 43.2 Å². The molecule has 30 heavy (non-hydrogen) atoms. The average Bonchev–Trinajstić information content (AvgIpc) is 3.11. The molecule has 2 amide bonds. The second-order valence-electron chi connectivity index (χ2n) is 7.72. The number of esters is 1. The van der Waals surface area contributed by atoms with Crippen LogP contribution in [0.3, 0.4) is 0 Å². The van der Waals surface area contributed by atoms with Crippen molar-refractivity contribution in [3.8, 4) is 0 Å². The van der Waals surface area contributed by atoms with Crippen LogP contribution in [-0.2, 0) is 20.9 Å². The Bertz CT molecular complexity index is 890. The Morgan fingerprint density at radius 2 is 1.80 bits per heavy atom. The zero-order valence-electron chi connectivity index (χ0n) is 17.5. The molecular formula is C24H28N2O4. The van der Waals surface area contributed by atoms with Gasteiger partial charge in [0, 0.05) is 25.2 Å². The smallest absolute Gasteiger partial charge is 0.338 e. The second kappa shape index (κ2) is 10.1. The van der Waals surface area contributed by atoms with Crippen molar-refractivity contribution in [1.82, 2.24) is 4.90 Å². The second-order valence-corrected chi connectivity index (χ2v) is 7.72. The summed E-state index contributed by atoms with van der Waals surface area (Å²) in [6, 6.07) is 14.7. The fourth-order valence-corrected chi connectivity index (χ4v) is 3.34. The van der Waals surface area contributed by atoms with Crippen LogP contribution in [0.5, 0.6) is 0 Å². The van der Waals surface area contributed by atoms with Crippen molar-refractivity contribution in [2.75, 3.05) is 18.5 Å². The standard InChI is InChI=1S/C24H28N2O4/c1-3-4-13-30-24(29)19-9-11-21(12-10-19)25-23(28)20-14-22(27)26(16-20)15-18-7-5-17(2)6-8-18/h5-12,20H,3-4,13-16H2,1-2H3,(H,25,28)/t20-/m1/s1. The number of unbranched alkanes of at least 4 members (excludes halogenated alkanes) is 1. The van der Waals surface area contributed by atoms with Crippen LogP contribution in [0.2, 0.25) is 0 Å².